The molecule has 0 aliphatic carbocycles. The Morgan fingerprint density at radius 2 is 1.92 bits per heavy atom. The van der Waals surface area contributed by atoms with Crippen LogP contribution in [0.5, 0.6) is 0 Å². The Hall–Kier alpha value is -1.34. The number of nitrogens with zero attached hydrogens (tertiary/aromatic N) is 1. The predicted octanol–water partition coefficient (Wildman–Crippen LogP) is 1.01. The summed E-state index contributed by atoms with van der Waals surface area (Å²) >= 11 is 0. The van der Waals surface area contributed by atoms with E-state index < -0.39 is 6.10 Å². The summed E-state index contributed by atoms with van der Waals surface area (Å²) in [6.07, 6.45) is 4.49. The number of nitrogens with one attached hydrogen (secondary N) is 2. The number of aliphatic hydroxyl groups is 1. The maximum Gasteiger partial charge on any atom is 0.315 e. The van der Waals surface area contributed by atoms with Gasteiger partial charge in [-0.05, 0) is 46.0 Å². The lowest BCUT2D eigenvalue weighted by atomic mass is 9.96. The summed E-state index contributed by atoms with van der Waals surface area (Å²) in [7, 11) is 0. The first-order valence-corrected chi connectivity index (χ1v) is 9.10. The van der Waals surface area contributed by atoms with Crippen LogP contribution in [0, 0.1) is 0 Å². The molecule has 138 valence electrons. The molecule has 7 heteroatoms. The topological polar surface area (TPSA) is 90.9 Å². The zero-order chi connectivity index (χ0) is 17.5. The average molecular weight is 341 g/mol. The van der Waals surface area contributed by atoms with Crippen LogP contribution in [0.15, 0.2) is 0 Å². The summed E-state index contributed by atoms with van der Waals surface area (Å²) in [5.41, 5.74) is 0. The van der Waals surface area contributed by atoms with Crippen molar-refractivity contribution in [3.63, 3.8) is 0 Å². The first-order chi connectivity index (χ1) is 11.5. The highest BCUT2D eigenvalue weighted by molar-refractivity contribution is 5.77. The highest BCUT2D eigenvalue weighted by Gasteiger charge is 2.33. The summed E-state index contributed by atoms with van der Waals surface area (Å²) in [5.74, 6) is 0.139. The molecular formula is C17H31N3O4. The van der Waals surface area contributed by atoms with Gasteiger partial charge < -0.3 is 25.4 Å². The number of aliphatic hydroxyl groups excluding tert-OH is 1. The van der Waals surface area contributed by atoms with E-state index in [4.69, 9.17) is 4.74 Å². The molecule has 0 saturated carbocycles. The molecule has 3 amide bonds. The van der Waals surface area contributed by atoms with E-state index in [1.165, 1.54) is 6.42 Å². The summed E-state index contributed by atoms with van der Waals surface area (Å²) in [4.78, 5) is 26.1. The third kappa shape index (κ3) is 5.63. The molecule has 2 aliphatic heterocycles. The summed E-state index contributed by atoms with van der Waals surface area (Å²) in [6.45, 7) is 5.30. The Morgan fingerprint density at radius 1 is 1.21 bits per heavy atom. The molecule has 0 aromatic rings. The molecule has 24 heavy (non-hydrogen) atoms. The molecular weight excluding hydrogens is 310 g/mol. The van der Waals surface area contributed by atoms with Crippen LogP contribution in [0.1, 0.15) is 52.4 Å². The van der Waals surface area contributed by atoms with Crippen LogP contribution in [0.4, 0.5) is 4.79 Å². The summed E-state index contributed by atoms with van der Waals surface area (Å²) < 4.78 is 5.88. The predicted molar refractivity (Wildman–Crippen MR) is 90.6 cm³/mol. The van der Waals surface area contributed by atoms with Crippen molar-refractivity contribution in [1.29, 1.82) is 0 Å². The second-order valence-corrected chi connectivity index (χ2v) is 7.08. The molecule has 7 nitrogen and oxygen atoms in total. The number of piperidine rings is 1. The molecule has 3 N–H and O–H groups in total. The van der Waals surface area contributed by atoms with Crippen molar-refractivity contribution in [1.82, 2.24) is 15.5 Å². The number of hydrogen-bond donors (Lipinski definition) is 3. The second-order valence-electron chi connectivity index (χ2n) is 7.08. The minimum atomic E-state index is -0.462. The van der Waals surface area contributed by atoms with Crippen molar-refractivity contribution in [3.8, 4) is 0 Å². The fraction of sp³-hybridized carbons (Fsp3) is 0.882. The lowest BCUT2D eigenvalue weighted by Gasteiger charge is -2.37. The number of rotatable bonds is 5. The number of likely N-dealkylation sites (tertiary alicyclic amines) is 1. The smallest absolute Gasteiger partial charge is 0.315 e. The van der Waals surface area contributed by atoms with Gasteiger partial charge in [0.2, 0.25) is 5.91 Å². The third-order valence-electron chi connectivity index (χ3n) is 4.64. The fourth-order valence-electron chi connectivity index (χ4n) is 3.39. The molecule has 0 bridgehead atoms. The van der Waals surface area contributed by atoms with Gasteiger partial charge in [-0.15, -0.1) is 0 Å². The minimum absolute atomic E-state index is 0.0528. The van der Waals surface area contributed by atoms with Crippen LogP contribution in [-0.4, -0.2) is 65.9 Å². The third-order valence-corrected chi connectivity index (χ3v) is 4.64. The fourth-order valence-corrected chi connectivity index (χ4v) is 3.39. The Morgan fingerprint density at radius 3 is 2.54 bits per heavy atom. The number of hydrogen-bond acceptors (Lipinski definition) is 4. The van der Waals surface area contributed by atoms with Gasteiger partial charge in [0.15, 0.2) is 0 Å². The molecule has 3 atom stereocenters. The maximum absolute atomic E-state index is 12.3. The molecule has 2 aliphatic rings. The molecule has 0 spiro atoms. The molecule has 2 fully saturated rings. The van der Waals surface area contributed by atoms with Crippen LogP contribution >= 0.6 is 0 Å². The van der Waals surface area contributed by atoms with Crippen LogP contribution in [0.3, 0.4) is 0 Å². The number of ether oxygens (including phenoxy) is 1. The van der Waals surface area contributed by atoms with E-state index in [0.717, 1.165) is 25.9 Å². The summed E-state index contributed by atoms with van der Waals surface area (Å²) in [6, 6.07) is -0.424. The van der Waals surface area contributed by atoms with Crippen LogP contribution < -0.4 is 10.6 Å². The largest absolute Gasteiger partial charge is 0.394 e. The zero-order valence-electron chi connectivity index (χ0n) is 14.8. The van der Waals surface area contributed by atoms with Crippen molar-refractivity contribution >= 4 is 11.9 Å². The van der Waals surface area contributed by atoms with Crippen molar-refractivity contribution < 1.29 is 19.4 Å². The Kier molecular flexibility index (Phi) is 7.30. The first kappa shape index (κ1) is 19.0. The van der Waals surface area contributed by atoms with Crippen molar-refractivity contribution in [2.75, 3.05) is 19.7 Å². The van der Waals surface area contributed by atoms with Gasteiger partial charge in [0.25, 0.3) is 0 Å². The van der Waals surface area contributed by atoms with E-state index in [2.05, 4.69) is 10.6 Å². The first-order valence-electron chi connectivity index (χ1n) is 9.10. The standard InChI is InChI=1S/C17H31N3O4/c1-12(2)18-17(23)19-14-7-6-13(24-15(14)11-21)10-16(22)20-8-4-3-5-9-20/h12-15,21H,3-11H2,1-2H3,(H2,18,19,23)/t13-,14-,15-/m0/s1. The Bertz CT molecular complexity index is 424. The number of carbonyl (C=O) groups excluding carboxylic acids is 2. The van der Waals surface area contributed by atoms with Gasteiger partial charge in [-0.3, -0.25) is 4.79 Å². The molecule has 2 heterocycles. The molecule has 2 rings (SSSR count). The normalized spacial score (nSPS) is 27.8. The highest BCUT2D eigenvalue weighted by atomic mass is 16.5. The van der Waals surface area contributed by atoms with Gasteiger partial charge in [-0.25, -0.2) is 4.79 Å². The van der Waals surface area contributed by atoms with Gasteiger partial charge in [-0.1, -0.05) is 0 Å². The Labute approximate surface area is 144 Å². The number of carbonyl (C=O) groups is 2. The SMILES string of the molecule is CC(C)NC(=O)N[C@H]1CC[C@@H](CC(=O)N2CCCCC2)O[C@H]1CO. The van der Waals surface area contributed by atoms with Gasteiger partial charge in [0, 0.05) is 19.1 Å². The van der Waals surface area contributed by atoms with E-state index >= 15 is 0 Å². The Balaban J connectivity index is 1.80. The molecule has 0 aromatic heterocycles. The van der Waals surface area contributed by atoms with E-state index in [1.807, 2.05) is 18.7 Å². The van der Waals surface area contributed by atoms with Gasteiger partial charge in [-0.2, -0.15) is 0 Å². The van der Waals surface area contributed by atoms with E-state index in [0.29, 0.717) is 19.3 Å². The monoisotopic (exact) mass is 341 g/mol. The van der Waals surface area contributed by atoms with E-state index in [-0.39, 0.29) is 36.7 Å². The average Bonchev–Trinajstić information content (AvgIpc) is 2.56. The number of amides is 3. The van der Waals surface area contributed by atoms with Gasteiger partial charge in [0.05, 0.1) is 25.2 Å². The van der Waals surface area contributed by atoms with Crippen molar-refractivity contribution in [2.24, 2.45) is 0 Å². The zero-order valence-corrected chi connectivity index (χ0v) is 14.8. The lowest BCUT2D eigenvalue weighted by molar-refractivity contribution is -0.141. The minimum Gasteiger partial charge on any atom is -0.394 e. The lowest BCUT2D eigenvalue weighted by Crippen LogP contribution is -2.54. The molecule has 0 aromatic carbocycles. The van der Waals surface area contributed by atoms with Crippen molar-refractivity contribution in [3.05, 3.63) is 0 Å². The van der Waals surface area contributed by atoms with Gasteiger partial charge in [0.1, 0.15) is 6.10 Å². The van der Waals surface area contributed by atoms with Gasteiger partial charge >= 0.3 is 6.03 Å². The summed E-state index contributed by atoms with van der Waals surface area (Å²) in [5, 5.41) is 15.2. The second kappa shape index (κ2) is 9.22. The quantitative estimate of drug-likeness (QED) is 0.696. The maximum atomic E-state index is 12.3. The highest BCUT2D eigenvalue weighted by Crippen LogP contribution is 2.23. The van der Waals surface area contributed by atoms with Crippen LogP contribution in [0.25, 0.3) is 0 Å². The van der Waals surface area contributed by atoms with Crippen molar-refractivity contribution in [2.45, 2.75) is 76.7 Å². The molecule has 0 unspecified atom stereocenters. The number of urea groups is 1. The molecule has 2 saturated heterocycles. The van der Waals surface area contributed by atoms with E-state index in [1.54, 1.807) is 0 Å². The van der Waals surface area contributed by atoms with E-state index in [9.17, 15) is 14.7 Å². The van der Waals surface area contributed by atoms with Crippen LogP contribution in [0.2, 0.25) is 0 Å². The van der Waals surface area contributed by atoms with Crippen LogP contribution in [-0.2, 0) is 9.53 Å². The molecule has 0 radical (unpaired) electrons.